The summed E-state index contributed by atoms with van der Waals surface area (Å²) in [5.74, 6) is 0.0186. The predicted octanol–water partition coefficient (Wildman–Crippen LogP) is 6.31. The van der Waals surface area contributed by atoms with Gasteiger partial charge in [-0.25, -0.2) is 0 Å². The second kappa shape index (κ2) is 28.2. The van der Waals surface area contributed by atoms with E-state index in [1.165, 1.54) is 32.1 Å². The van der Waals surface area contributed by atoms with Crippen molar-refractivity contribution in [3.63, 3.8) is 0 Å². The minimum atomic E-state index is -0.801. The molecule has 1 fully saturated rings. The van der Waals surface area contributed by atoms with Crippen molar-refractivity contribution in [2.24, 2.45) is 17.1 Å². The second-order valence-electron chi connectivity index (χ2n) is 17.0. The van der Waals surface area contributed by atoms with Crippen LogP contribution in [0, 0.1) is 11.3 Å². The Morgan fingerprint density at radius 3 is 1.63 bits per heavy atom. The standard InChI is InChI=1S/C43H81NO10/c1-10-22-48-28-35(45)31-51-27-34(25-42(6,7)54-38-18-16-14-13-15-17-19-38)43(8,9)40(44)21-20-39(52-32-36(46)29-49-23-11-2)26-41(4,5)53-33-37(47)30-50-24-12-3/h10-12,34-40,45-47H,1-3,13-33,44H2,4-9H3. The summed E-state index contributed by atoms with van der Waals surface area (Å²) in [5.41, 5.74) is 5.69. The maximum Gasteiger partial charge on any atom is 0.101 e. The lowest BCUT2D eigenvalue weighted by Gasteiger charge is -2.44. The smallest absolute Gasteiger partial charge is 0.101 e. The summed E-state index contributed by atoms with van der Waals surface area (Å²) in [6.07, 6.45) is 13.5. The lowest BCUT2D eigenvalue weighted by molar-refractivity contribution is -0.115. The Morgan fingerprint density at radius 2 is 1.09 bits per heavy atom. The molecule has 1 aliphatic carbocycles. The third-order valence-electron chi connectivity index (χ3n) is 10.3. The van der Waals surface area contributed by atoms with Crippen molar-refractivity contribution in [1.29, 1.82) is 0 Å². The van der Waals surface area contributed by atoms with Crippen LogP contribution in [0.25, 0.3) is 0 Å². The van der Waals surface area contributed by atoms with E-state index in [1.54, 1.807) is 18.2 Å². The van der Waals surface area contributed by atoms with Crippen molar-refractivity contribution in [3.05, 3.63) is 38.0 Å². The fourth-order valence-corrected chi connectivity index (χ4v) is 6.98. The number of hydrogen-bond acceptors (Lipinski definition) is 11. The van der Waals surface area contributed by atoms with E-state index in [2.05, 4.69) is 47.4 Å². The minimum Gasteiger partial charge on any atom is -0.388 e. The normalized spacial score (nSPS) is 18.6. The Hall–Kier alpha value is -1.22. The van der Waals surface area contributed by atoms with E-state index in [0.717, 1.165) is 19.3 Å². The van der Waals surface area contributed by atoms with Crippen LogP contribution in [0.4, 0.5) is 0 Å². The van der Waals surface area contributed by atoms with E-state index < -0.39 is 29.5 Å². The lowest BCUT2D eigenvalue weighted by Crippen LogP contribution is -2.48. The fourth-order valence-electron chi connectivity index (χ4n) is 6.98. The van der Waals surface area contributed by atoms with Crippen molar-refractivity contribution in [1.82, 2.24) is 0 Å². The molecule has 0 saturated heterocycles. The molecule has 0 spiro atoms. The van der Waals surface area contributed by atoms with Crippen LogP contribution in [-0.2, 0) is 33.2 Å². The molecule has 0 radical (unpaired) electrons. The van der Waals surface area contributed by atoms with Gasteiger partial charge in [0.1, 0.15) is 18.3 Å². The third-order valence-corrected chi connectivity index (χ3v) is 10.3. The maximum absolute atomic E-state index is 10.6. The Morgan fingerprint density at radius 1 is 0.611 bits per heavy atom. The first-order chi connectivity index (χ1) is 25.5. The maximum atomic E-state index is 10.6. The molecular weight excluding hydrogens is 690 g/mol. The molecule has 318 valence electrons. The van der Waals surface area contributed by atoms with Crippen LogP contribution in [0.3, 0.4) is 0 Å². The van der Waals surface area contributed by atoms with E-state index in [0.29, 0.717) is 45.7 Å². The molecule has 11 nitrogen and oxygen atoms in total. The molecule has 1 aliphatic rings. The van der Waals surface area contributed by atoms with E-state index >= 15 is 0 Å². The molecule has 0 heterocycles. The zero-order chi connectivity index (χ0) is 40.5. The summed E-state index contributed by atoms with van der Waals surface area (Å²) >= 11 is 0. The molecule has 1 rings (SSSR count). The minimum absolute atomic E-state index is 0.0186. The molecule has 0 aliphatic heterocycles. The van der Waals surface area contributed by atoms with Crippen LogP contribution in [0.5, 0.6) is 0 Å². The highest BCUT2D eigenvalue weighted by Crippen LogP contribution is 2.40. The van der Waals surface area contributed by atoms with Crippen LogP contribution >= 0.6 is 0 Å². The van der Waals surface area contributed by atoms with Gasteiger partial charge in [0.15, 0.2) is 0 Å². The summed E-state index contributed by atoms with van der Waals surface area (Å²) in [7, 11) is 0. The van der Waals surface area contributed by atoms with Gasteiger partial charge in [-0.2, -0.15) is 0 Å². The molecular formula is C43H81NO10. The summed E-state index contributed by atoms with van der Waals surface area (Å²) in [5, 5.41) is 31.4. The van der Waals surface area contributed by atoms with Crippen LogP contribution in [0.2, 0.25) is 0 Å². The van der Waals surface area contributed by atoms with Crippen LogP contribution in [0.1, 0.15) is 112 Å². The Balaban J connectivity index is 3.10. The summed E-state index contributed by atoms with van der Waals surface area (Å²) in [6, 6.07) is -0.232. The summed E-state index contributed by atoms with van der Waals surface area (Å²) in [4.78, 5) is 0. The first-order valence-corrected chi connectivity index (χ1v) is 20.4. The molecule has 54 heavy (non-hydrogen) atoms. The Bertz CT molecular complexity index is 968. The summed E-state index contributed by atoms with van der Waals surface area (Å²) in [6.45, 7) is 25.9. The first kappa shape index (κ1) is 50.8. The monoisotopic (exact) mass is 772 g/mol. The highest BCUT2D eigenvalue weighted by molar-refractivity contribution is 4.92. The lowest BCUT2D eigenvalue weighted by atomic mass is 9.68. The highest BCUT2D eigenvalue weighted by atomic mass is 16.5. The molecule has 6 unspecified atom stereocenters. The molecule has 0 aromatic rings. The number of aliphatic hydroxyl groups is 3. The zero-order valence-corrected chi connectivity index (χ0v) is 35.0. The van der Waals surface area contributed by atoms with Crippen molar-refractivity contribution in [2.45, 2.75) is 160 Å². The molecule has 0 amide bonds. The first-order valence-electron chi connectivity index (χ1n) is 20.4. The second-order valence-corrected chi connectivity index (χ2v) is 17.0. The van der Waals surface area contributed by atoms with Gasteiger partial charge in [-0.1, -0.05) is 64.2 Å². The summed E-state index contributed by atoms with van der Waals surface area (Å²) < 4.78 is 41.7. The van der Waals surface area contributed by atoms with Gasteiger partial charge < -0.3 is 54.2 Å². The molecule has 0 aromatic carbocycles. The predicted molar refractivity (Wildman–Crippen MR) is 217 cm³/mol. The van der Waals surface area contributed by atoms with Gasteiger partial charge in [0.05, 0.1) is 89.5 Å². The molecule has 0 aromatic heterocycles. The van der Waals surface area contributed by atoms with Crippen LogP contribution < -0.4 is 5.73 Å². The molecule has 1 saturated carbocycles. The fraction of sp³-hybridized carbons (Fsp3) is 0.860. The molecule has 5 N–H and O–H groups in total. The Labute approximate surface area is 329 Å². The van der Waals surface area contributed by atoms with E-state index in [9.17, 15) is 15.3 Å². The SMILES string of the molecule is C=CCOCC(O)COCC(CC(C)(C)OC1CCCCCCC1)C(C)(C)C(N)CCC(CC(C)(C)OCC(O)COCC=C)OCC(O)COCC=C. The third kappa shape index (κ3) is 23.8. The number of ether oxygens (including phenoxy) is 7. The van der Waals surface area contributed by atoms with Crippen molar-refractivity contribution < 1.29 is 48.5 Å². The van der Waals surface area contributed by atoms with Crippen molar-refractivity contribution in [2.75, 3.05) is 66.1 Å². The van der Waals surface area contributed by atoms with Crippen LogP contribution in [0.15, 0.2) is 38.0 Å². The largest absolute Gasteiger partial charge is 0.388 e. The highest BCUT2D eigenvalue weighted by Gasteiger charge is 2.40. The van der Waals surface area contributed by atoms with Gasteiger partial charge in [-0.15, -0.1) is 19.7 Å². The van der Waals surface area contributed by atoms with E-state index in [-0.39, 0.29) is 69.2 Å². The van der Waals surface area contributed by atoms with Gasteiger partial charge in [0.25, 0.3) is 0 Å². The molecule has 6 atom stereocenters. The van der Waals surface area contributed by atoms with Crippen molar-refractivity contribution in [3.8, 4) is 0 Å². The molecule has 11 heteroatoms. The zero-order valence-electron chi connectivity index (χ0n) is 35.0. The van der Waals surface area contributed by atoms with Crippen molar-refractivity contribution >= 4 is 0 Å². The number of nitrogens with two attached hydrogens (primary N) is 1. The topological polar surface area (TPSA) is 151 Å². The van der Waals surface area contributed by atoms with E-state index in [4.69, 9.17) is 38.9 Å². The number of aliphatic hydroxyl groups excluding tert-OH is 3. The number of hydrogen-bond donors (Lipinski definition) is 4. The van der Waals surface area contributed by atoms with E-state index in [1.807, 2.05) is 13.8 Å². The quantitative estimate of drug-likeness (QED) is 0.0439. The molecule has 0 bridgehead atoms. The number of rotatable bonds is 33. The van der Waals surface area contributed by atoms with Gasteiger partial charge in [0.2, 0.25) is 0 Å². The average molecular weight is 772 g/mol. The van der Waals surface area contributed by atoms with Gasteiger partial charge in [-0.05, 0) is 71.1 Å². The average Bonchev–Trinajstić information content (AvgIpc) is 3.09. The van der Waals surface area contributed by atoms with Gasteiger partial charge in [-0.3, -0.25) is 0 Å². The van der Waals surface area contributed by atoms with Gasteiger partial charge >= 0.3 is 0 Å². The Kier molecular flexibility index (Phi) is 26.6. The van der Waals surface area contributed by atoms with Gasteiger partial charge in [0, 0.05) is 12.5 Å². The van der Waals surface area contributed by atoms with Crippen LogP contribution in [-0.4, -0.2) is 129 Å².